The van der Waals surface area contributed by atoms with E-state index in [9.17, 15) is 14.4 Å². The molecule has 2 atom stereocenters. The van der Waals surface area contributed by atoms with Gasteiger partial charge in [0.25, 0.3) is 0 Å². The fourth-order valence-electron chi connectivity index (χ4n) is 2.13. The molecule has 0 aliphatic heterocycles. The molecule has 0 bridgehead atoms. The van der Waals surface area contributed by atoms with Crippen molar-refractivity contribution in [1.82, 2.24) is 0 Å². The van der Waals surface area contributed by atoms with E-state index in [4.69, 9.17) is 10.0 Å². The smallest absolute Gasteiger partial charge is 0.427 e. The third kappa shape index (κ3) is 2.89. The maximum absolute atomic E-state index is 14.8. The summed E-state index contributed by atoms with van der Waals surface area (Å²) in [6.45, 7) is 0. The molecule has 1 aliphatic rings. The zero-order chi connectivity index (χ0) is 14.9. The predicted octanol–water partition coefficient (Wildman–Crippen LogP) is 0.223. The van der Waals surface area contributed by atoms with Gasteiger partial charge in [0, 0.05) is 5.57 Å². The average Bonchev–Trinajstić information content (AvgIpc) is 2.37. The molecule has 0 saturated heterocycles. The van der Waals surface area contributed by atoms with Crippen LogP contribution >= 0.6 is 15.9 Å². The second-order valence-electron chi connectivity index (χ2n) is 4.53. The van der Waals surface area contributed by atoms with Crippen molar-refractivity contribution in [3.05, 3.63) is 48.1 Å². The molecule has 2 unspecified atom stereocenters. The fourth-order valence-corrected chi connectivity index (χ4v) is 2.88. The molecule has 4 N–H and O–H groups in total. The highest BCUT2D eigenvalue weighted by molar-refractivity contribution is 9.10. The molecule has 2 rings (SSSR count). The summed E-state index contributed by atoms with van der Waals surface area (Å²) in [7, 11) is -3.51. The highest BCUT2D eigenvalue weighted by atomic mass is 79.9. The molecule has 8 heteroatoms. The lowest BCUT2D eigenvalue weighted by Crippen LogP contribution is -2.36. The Morgan fingerprint density at radius 2 is 1.90 bits per heavy atom. The normalized spacial score (nSPS) is 25.3. The van der Waals surface area contributed by atoms with E-state index in [-0.39, 0.29) is 11.0 Å². The van der Waals surface area contributed by atoms with Crippen LogP contribution in [-0.2, 0) is 0 Å². The number of alkyl halides is 2. The van der Waals surface area contributed by atoms with E-state index in [1.54, 1.807) is 12.1 Å². The standard InChI is InChI=1S/C12H12B2BrFO4/c15-12(16)10(5-2-6-11(12)14(19)20)8-3-1-4-9(7-8)13(17)18/h1-7,11,17-20H. The molecule has 0 saturated carbocycles. The molecule has 0 fully saturated rings. The van der Waals surface area contributed by atoms with Crippen molar-refractivity contribution in [2.45, 2.75) is 10.4 Å². The van der Waals surface area contributed by atoms with Crippen molar-refractivity contribution in [2.75, 3.05) is 0 Å². The zero-order valence-electron chi connectivity index (χ0n) is 10.3. The van der Waals surface area contributed by atoms with E-state index < -0.39 is 24.6 Å². The Balaban J connectivity index is 2.44. The van der Waals surface area contributed by atoms with Gasteiger partial charge < -0.3 is 20.1 Å². The number of hydrogen-bond acceptors (Lipinski definition) is 4. The van der Waals surface area contributed by atoms with Crippen molar-refractivity contribution >= 4 is 41.2 Å². The van der Waals surface area contributed by atoms with Crippen LogP contribution in [0.3, 0.4) is 0 Å². The topological polar surface area (TPSA) is 80.9 Å². The predicted molar refractivity (Wildman–Crippen MR) is 80.1 cm³/mol. The molecule has 20 heavy (non-hydrogen) atoms. The Hall–Kier alpha value is -0.920. The van der Waals surface area contributed by atoms with Gasteiger partial charge >= 0.3 is 14.2 Å². The van der Waals surface area contributed by atoms with E-state index in [0.717, 1.165) is 0 Å². The lowest BCUT2D eigenvalue weighted by atomic mass is 9.65. The molecule has 0 spiro atoms. The van der Waals surface area contributed by atoms with Crippen LogP contribution in [0.2, 0.25) is 5.82 Å². The van der Waals surface area contributed by atoms with E-state index in [0.29, 0.717) is 5.56 Å². The third-order valence-electron chi connectivity index (χ3n) is 3.18. The second-order valence-corrected chi connectivity index (χ2v) is 5.68. The molecule has 0 radical (unpaired) electrons. The molecule has 0 aromatic heterocycles. The molecule has 0 heterocycles. The lowest BCUT2D eigenvalue weighted by molar-refractivity contribution is 0.320. The largest absolute Gasteiger partial charge is 0.488 e. The van der Waals surface area contributed by atoms with Gasteiger partial charge in [-0.1, -0.05) is 42.5 Å². The number of benzene rings is 1. The zero-order valence-corrected chi connectivity index (χ0v) is 11.9. The minimum Gasteiger partial charge on any atom is -0.427 e. The average molecular weight is 341 g/mol. The number of hydrogen-bond donors (Lipinski definition) is 4. The first-order valence-corrected chi connectivity index (χ1v) is 6.72. The molecule has 1 aromatic rings. The van der Waals surface area contributed by atoms with Gasteiger partial charge in [-0.2, -0.15) is 0 Å². The van der Waals surface area contributed by atoms with Crippen LogP contribution in [0.1, 0.15) is 5.56 Å². The first-order valence-electron chi connectivity index (χ1n) is 5.93. The highest BCUT2D eigenvalue weighted by Gasteiger charge is 2.46. The Morgan fingerprint density at radius 3 is 2.50 bits per heavy atom. The van der Waals surface area contributed by atoms with Crippen LogP contribution in [0.25, 0.3) is 5.57 Å². The number of allylic oxidation sites excluding steroid dienone is 4. The number of halogens is 2. The van der Waals surface area contributed by atoms with E-state index in [1.165, 1.54) is 30.4 Å². The highest BCUT2D eigenvalue weighted by Crippen LogP contribution is 2.48. The number of rotatable bonds is 3. The van der Waals surface area contributed by atoms with E-state index in [2.05, 4.69) is 15.9 Å². The summed E-state index contributed by atoms with van der Waals surface area (Å²) in [6, 6.07) is 6.11. The molecule has 104 valence electrons. The quantitative estimate of drug-likeness (QED) is 0.469. The fraction of sp³-hybridized carbons (Fsp3) is 0.167. The van der Waals surface area contributed by atoms with Gasteiger partial charge in [-0.05, 0) is 27.0 Å². The van der Waals surface area contributed by atoms with Crippen LogP contribution in [-0.4, -0.2) is 38.9 Å². The van der Waals surface area contributed by atoms with Gasteiger partial charge in [0.15, 0.2) is 4.58 Å². The Labute approximate surface area is 124 Å². The second kappa shape index (κ2) is 5.83. The van der Waals surface area contributed by atoms with Gasteiger partial charge in [0.2, 0.25) is 0 Å². The van der Waals surface area contributed by atoms with Gasteiger partial charge in [0.05, 0.1) is 5.82 Å². The Kier molecular flexibility index (Phi) is 4.51. The van der Waals surface area contributed by atoms with Crippen LogP contribution in [0, 0.1) is 0 Å². The van der Waals surface area contributed by atoms with Crippen molar-refractivity contribution in [3.63, 3.8) is 0 Å². The summed E-state index contributed by atoms with van der Waals surface area (Å²) in [6.07, 6.45) is 4.38. The van der Waals surface area contributed by atoms with Gasteiger partial charge in [0.1, 0.15) is 0 Å². The molecular formula is C12H12B2BrFO4. The van der Waals surface area contributed by atoms with Gasteiger partial charge in [-0.15, -0.1) is 0 Å². The van der Waals surface area contributed by atoms with Crippen LogP contribution < -0.4 is 5.46 Å². The van der Waals surface area contributed by atoms with Crippen molar-refractivity contribution in [1.29, 1.82) is 0 Å². The lowest BCUT2D eigenvalue weighted by Gasteiger charge is -2.31. The maximum Gasteiger partial charge on any atom is 0.488 e. The van der Waals surface area contributed by atoms with Crippen LogP contribution in [0.15, 0.2) is 42.5 Å². The Bertz CT molecular complexity index is 560. The monoisotopic (exact) mass is 340 g/mol. The van der Waals surface area contributed by atoms with Crippen molar-refractivity contribution in [2.24, 2.45) is 0 Å². The minimum absolute atomic E-state index is 0.181. The Morgan fingerprint density at radius 1 is 1.20 bits per heavy atom. The summed E-state index contributed by atoms with van der Waals surface area (Å²) in [4.78, 5) is 0. The summed E-state index contributed by atoms with van der Waals surface area (Å²) in [5.41, 5.74) is 0.827. The first kappa shape index (κ1) is 15.5. The van der Waals surface area contributed by atoms with E-state index >= 15 is 0 Å². The summed E-state index contributed by atoms with van der Waals surface area (Å²) in [5.74, 6) is -1.16. The summed E-state index contributed by atoms with van der Waals surface area (Å²) < 4.78 is 12.7. The molecule has 4 nitrogen and oxygen atoms in total. The molecular weight excluding hydrogens is 329 g/mol. The maximum atomic E-state index is 14.8. The third-order valence-corrected chi connectivity index (χ3v) is 4.13. The summed E-state index contributed by atoms with van der Waals surface area (Å²) in [5, 5.41) is 36.8. The summed E-state index contributed by atoms with van der Waals surface area (Å²) >= 11 is 2.89. The van der Waals surface area contributed by atoms with Crippen LogP contribution in [0.5, 0.6) is 0 Å². The van der Waals surface area contributed by atoms with Gasteiger partial charge in [-0.3, -0.25) is 0 Å². The van der Waals surface area contributed by atoms with E-state index in [1.807, 2.05) is 0 Å². The van der Waals surface area contributed by atoms with Crippen molar-refractivity contribution in [3.8, 4) is 0 Å². The first-order chi connectivity index (χ1) is 9.34. The molecule has 1 aliphatic carbocycles. The van der Waals surface area contributed by atoms with Crippen molar-refractivity contribution < 1.29 is 24.5 Å². The van der Waals surface area contributed by atoms with Crippen LogP contribution in [0.4, 0.5) is 4.39 Å². The SMILES string of the molecule is OB(O)c1cccc(C2=CC=CC(B(O)O)C2(F)Br)c1. The molecule has 0 amide bonds. The molecule has 1 aromatic carbocycles. The van der Waals surface area contributed by atoms with Gasteiger partial charge in [-0.25, -0.2) is 4.39 Å². The minimum atomic E-state index is -2.16.